The van der Waals surface area contributed by atoms with Crippen molar-refractivity contribution in [1.29, 1.82) is 0 Å². The zero-order valence-corrected chi connectivity index (χ0v) is 20.8. The molecular formula is C27H30FN7O. The molecule has 0 amide bonds. The Balaban J connectivity index is 1.33. The fourth-order valence-electron chi connectivity index (χ4n) is 4.73. The van der Waals surface area contributed by atoms with Crippen LogP contribution in [0.15, 0.2) is 36.7 Å². The van der Waals surface area contributed by atoms with E-state index in [1.54, 1.807) is 12.1 Å². The molecule has 2 fully saturated rings. The molecule has 0 atom stereocenters. The molecule has 6 rings (SSSR count). The number of anilines is 2. The van der Waals surface area contributed by atoms with Gasteiger partial charge in [0, 0.05) is 35.9 Å². The van der Waals surface area contributed by atoms with Crippen molar-refractivity contribution in [3.05, 3.63) is 65.0 Å². The van der Waals surface area contributed by atoms with E-state index in [9.17, 15) is 9.50 Å². The van der Waals surface area contributed by atoms with Gasteiger partial charge < -0.3 is 10.4 Å². The molecule has 3 heterocycles. The number of nitrogens with zero attached hydrogens (tertiary/aromatic N) is 6. The average Bonchev–Trinajstić information content (AvgIpc) is 3.78. The maximum atomic E-state index is 13.5. The normalized spacial score (nSPS) is 16.4. The molecule has 2 saturated carbocycles. The highest BCUT2D eigenvalue weighted by Crippen LogP contribution is 2.40. The molecule has 0 saturated heterocycles. The monoisotopic (exact) mass is 487 g/mol. The number of rotatable bonds is 8. The molecule has 0 unspecified atom stereocenters. The number of halogens is 1. The van der Waals surface area contributed by atoms with Gasteiger partial charge in [0.25, 0.3) is 0 Å². The summed E-state index contributed by atoms with van der Waals surface area (Å²) in [6.45, 7) is 6.84. The Kier molecular flexibility index (Phi) is 5.40. The van der Waals surface area contributed by atoms with Crippen LogP contribution in [-0.2, 0) is 13.0 Å². The van der Waals surface area contributed by atoms with Gasteiger partial charge in [-0.05, 0) is 82.2 Å². The number of aliphatic hydroxyl groups is 1. The second-order valence-corrected chi connectivity index (χ2v) is 10.3. The quantitative estimate of drug-likeness (QED) is 0.370. The summed E-state index contributed by atoms with van der Waals surface area (Å²) in [5.74, 6) is 2.53. The van der Waals surface area contributed by atoms with Crippen molar-refractivity contribution in [1.82, 2.24) is 29.5 Å². The van der Waals surface area contributed by atoms with E-state index in [1.165, 1.54) is 31.3 Å². The lowest BCUT2D eigenvalue weighted by Gasteiger charge is -2.12. The van der Waals surface area contributed by atoms with Gasteiger partial charge in [-0.3, -0.25) is 0 Å². The minimum absolute atomic E-state index is 0.265. The second kappa shape index (κ2) is 8.51. The highest BCUT2D eigenvalue weighted by molar-refractivity contribution is 5.71. The van der Waals surface area contributed by atoms with Gasteiger partial charge in [-0.1, -0.05) is 0 Å². The first-order valence-electron chi connectivity index (χ1n) is 12.5. The van der Waals surface area contributed by atoms with Crippen molar-refractivity contribution in [2.45, 2.75) is 65.0 Å². The number of aryl methyl sites for hydroxylation is 1. The SMILES string of the molecule is Cc1nn(-c2cc(Nc3c(C)c(-c4ccc(F)cc4)nn3CC3CC3)ncn2)c(C)c1CC1(O)CC1. The summed E-state index contributed by atoms with van der Waals surface area (Å²) in [7, 11) is 0. The Morgan fingerprint density at radius 3 is 2.53 bits per heavy atom. The summed E-state index contributed by atoms with van der Waals surface area (Å²) in [5.41, 5.74) is 5.06. The van der Waals surface area contributed by atoms with E-state index in [0.717, 1.165) is 59.0 Å². The fourth-order valence-corrected chi connectivity index (χ4v) is 4.73. The van der Waals surface area contributed by atoms with E-state index >= 15 is 0 Å². The van der Waals surface area contributed by atoms with E-state index in [2.05, 4.69) is 15.3 Å². The lowest BCUT2D eigenvalue weighted by Crippen LogP contribution is -2.12. The Morgan fingerprint density at radius 1 is 1.08 bits per heavy atom. The molecule has 0 aliphatic heterocycles. The van der Waals surface area contributed by atoms with Crippen LogP contribution in [0.3, 0.4) is 0 Å². The minimum Gasteiger partial charge on any atom is -0.390 e. The van der Waals surface area contributed by atoms with Gasteiger partial charge in [0.2, 0.25) is 0 Å². The molecule has 36 heavy (non-hydrogen) atoms. The van der Waals surface area contributed by atoms with Crippen molar-refractivity contribution in [2.75, 3.05) is 5.32 Å². The lowest BCUT2D eigenvalue weighted by atomic mass is 10.0. The van der Waals surface area contributed by atoms with Gasteiger partial charge in [-0.2, -0.15) is 10.2 Å². The van der Waals surface area contributed by atoms with E-state index in [0.29, 0.717) is 24.0 Å². The van der Waals surface area contributed by atoms with Crippen LogP contribution in [0.25, 0.3) is 17.1 Å². The van der Waals surface area contributed by atoms with Crippen LogP contribution >= 0.6 is 0 Å². The predicted octanol–water partition coefficient (Wildman–Crippen LogP) is 4.81. The van der Waals surface area contributed by atoms with Crippen molar-refractivity contribution in [2.24, 2.45) is 5.92 Å². The second-order valence-electron chi connectivity index (χ2n) is 10.3. The third-order valence-corrected chi connectivity index (χ3v) is 7.33. The molecule has 4 aromatic rings. The average molecular weight is 488 g/mol. The smallest absolute Gasteiger partial charge is 0.159 e. The molecule has 8 nitrogen and oxygen atoms in total. The molecular weight excluding hydrogens is 457 g/mol. The van der Waals surface area contributed by atoms with Gasteiger partial charge >= 0.3 is 0 Å². The van der Waals surface area contributed by atoms with Gasteiger partial charge in [0.1, 0.15) is 23.8 Å². The molecule has 2 aliphatic carbocycles. The van der Waals surface area contributed by atoms with Crippen LogP contribution in [0.1, 0.15) is 48.2 Å². The first kappa shape index (κ1) is 22.8. The summed E-state index contributed by atoms with van der Waals surface area (Å²) >= 11 is 0. The zero-order chi connectivity index (χ0) is 25.0. The van der Waals surface area contributed by atoms with E-state index in [-0.39, 0.29) is 5.82 Å². The van der Waals surface area contributed by atoms with Gasteiger partial charge in [-0.25, -0.2) is 23.7 Å². The van der Waals surface area contributed by atoms with Gasteiger partial charge in [-0.15, -0.1) is 0 Å². The molecule has 3 aromatic heterocycles. The molecule has 0 radical (unpaired) electrons. The van der Waals surface area contributed by atoms with E-state index < -0.39 is 5.60 Å². The lowest BCUT2D eigenvalue weighted by molar-refractivity contribution is 0.150. The van der Waals surface area contributed by atoms with Gasteiger partial charge in [0.05, 0.1) is 17.0 Å². The maximum absolute atomic E-state index is 13.5. The largest absolute Gasteiger partial charge is 0.390 e. The summed E-state index contributed by atoms with van der Waals surface area (Å²) in [6.07, 6.45) is 6.24. The highest BCUT2D eigenvalue weighted by Gasteiger charge is 2.41. The number of benzene rings is 1. The first-order chi connectivity index (χ1) is 17.3. The Bertz CT molecular complexity index is 1430. The number of hydrogen-bond donors (Lipinski definition) is 2. The van der Waals surface area contributed by atoms with Crippen LogP contribution < -0.4 is 5.32 Å². The molecule has 186 valence electrons. The minimum atomic E-state index is -0.582. The highest BCUT2D eigenvalue weighted by atomic mass is 19.1. The van der Waals surface area contributed by atoms with Crippen molar-refractivity contribution < 1.29 is 9.50 Å². The standard InChI is InChI=1S/C27H30FN7O/c1-16-25(20-6-8-21(28)9-7-20)33-34(14-19-4-5-19)26(16)31-23-12-24(30-15-29-23)35-18(3)22(17(2)32-35)13-27(36)10-11-27/h6-9,12,15,19,36H,4-5,10-11,13-14H2,1-3H3,(H,29,30,31). The predicted molar refractivity (Wildman–Crippen MR) is 135 cm³/mol. The van der Waals surface area contributed by atoms with Crippen molar-refractivity contribution in [3.8, 4) is 17.1 Å². The summed E-state index contributed by atoms with van der Waals surface area (Å²) < 4.78 is 17.3. The Morgan fingerprint density at radius 2 is 1.83 bits per heavy atom. The molecule has 0 spiro atoms. The molecule has 1 aromatic carbocycles. The summed E-state index contributed by atoms with van der Waals surface area (Å²) in [6, 6.07) is 8.32. The molecule has 9 heteroatoms. The van der Waals surface area contributed by atoms with Crippen LogP contribution in [0.5, 0.6) is 0 Å². The first-order valence-corrected chi connectivity index (χ1v) is 12.5. The zero-order valence-electron chi connectivity index (χ0n) is 20.8. The van der Waals surface area contributed by atoms with E-state index in [1.807, 2.05) is 36.2 Å². The third-order valence-electron chi connectivity index (χ3n) is 7.33. The summed E-state index contributed by atoms with van der Waals surface area (Å²) in [4.78, 5) is 8.94. The number of aromatic nitrogens is 6. The topological polar surface area (TPSA) is 93.7 Å². The summed E-state index contributed by atoms with van der Waals surface area (Å²) in [5, 5.41) is 23.5. The molecule has 2 N–H and O–H groups in total. The molecule has 2 aliphatic rings. The maximum Gasteiger partial charge on any atom is 0.159 e. The Labute approximate surface area is 209 Å². The van der Waals surface area contributed by atoms with Crippen molar-refractivity contribution >= 4 is 11.6 Å². The fraction of sp³-hybridized carbons (Fsp3) is 0.407. The van der Waals surface area contributed by atoms with Crippen LogP contribution in [0, 0.1) is 32.5 Å². The number of hydrogen-bond acceptors (Lipinski definition) is 6. The van der Waals surface area contributed by atoms with Crippen molar-refractivity contribution in [3.63, 3.8) is 0 Å². The third kappa shape index (κ3) is 4.39. The van der Waals surface area contributed by atoms with Crippen LogP contribution in [0.4, 0.5) is 16.0 Å². The Hall–Kier alpha value is -3.59. The van der Waals surface area contributed by atoms with Crippen LogP contribution in [-0.4, -0.2) is 40.2 Å². The molecule has 0 bridgehead atoms. The van der Waals surface area contributed by atoms with E-state index in [4.69, 9.17) is 10.2 Å². The van der Waals surface area contributed by atoms with Gasteiger partial charge in [0.15, 0.2) is 5.82 Å². The van der Waals surface area contributed by atoms with Crippen LogP contribution in [0.2, 0.25) is 0 Å². The number of nitrogens with one attached hydrogen (secondary N) is 1.